The number of carboxylic acid groups (broad SMARTS) is 1. The van der Waals surface area contributed by atoms with Gasteiger partial charge in [0.2, 0.25) is 5.91 Å². The quantitative estimate of drug-likeness (QED) is 0.525. The summed E-state index contributed by atoms with van der Waals surface area (Å²) in [5.74, 6) is -2.00. The Hall–Kier alpha value is -4.15. The van der Waals surface area contributed by atoms with Crippen LogP contribution in [0.4, 0.5) is 17.1 Å². The van der Waals surface area contributed by atoms with E-state index in [2.05, 4.69) is 5.32 Å². The second kappa shape index (κ2) is 7.94. The number of hydrogen-bond donors (Lipinski definition) is 2. The van der Waals surface area contributed by atoms with Crippen molar-refractivity contribution in [2.24, 2.45) is 0 Å². The van der Waals surface area contributed by atoms with Gasteiger partial charge in [0.05, 0.1) is 29.4 Å². The van der Waals surface area contributed by atoms with Crippen molar-refractivity contribution in [2.45, 2.75) is 19.4 Å². The van der Waals surface area contributed by atoms with Crippen molar-refractivity contribution in [2.75, 3.05) is 23.9 Å². The van der Waals surface area contributed by atoms with Crippen LogP contribution < -0.4 is 19.7 Å². The largest absolute Gasteiger partial charge is 0.496 e. The highest BCUT2D eigenvalue weighted by molar-refractivity contribution is 6.08. The first kappa shape index (κ1) is 21.6. The second-order valence-corrected chi connectivity index (χ2v) is 7.18. The van der Waals surface area contributed by atoms with Gasteiger partial charge < -0.3 is 19.9 Å². The van der Waals surface area contributed by atoms with Gasteiger partial charge in [-0.1, -0.05) is 0 Å². The summed E-state index contributed by atoms with van der Waals surface area (Å²) in [6.45, 7) is 2.52. The van der Waals surface area contributed by atoms with Gasteiger partial charge in [-0.15, -0.1) is 0 Å². The monoisotopic (exact) mass is 429 g/mol. The number of hydrogen-bond acceptors (Lipinski definition) is 7. The molecule has 1 aliphatic rings. The fourth-order valence-corrected chi connectivity index (χ4v) is 3.09. The van der Waals surface area contributed by atoms with Crippen molar-refractivity contribution in [3.8, 4) is 11.5 Å². The summed E-state index contributed by atoms with van der Waals surface area (Å²) in [6, 6.07) is 7.87. The van der Waals surface area contributed by atoms with Crippen molar-refractivity contribution in [1.29, 1.82) is 0 Å². The van der Waals surface area contributed by atoms with E-state index in [1.165, 1.54) is 57.4 Å². The Balaban J connectivity index is 1.90. The van der Waals surface area contributed by atoms with Gasteiger partial charge in [-0.25, -0.2) is 4.79 Å². The number of anilines is 2. The molecule has 162 valence electrons. The van der Waals surface area contributed by atoms with Crippen LogP contribution in [0.2, 0.25) is 0 Å². The summed E-state index contributed by atoms with van der Waals surface area (Å²) < 4.78 is 10.6. The molecule has 0 fully saturated rings. The fourth-order valence-electron chi connectivity index (χ4n) is 3.09. The predicted molar refractivity (Wildman–Crippen MR) is 109 cm³/mol. The molecule has 2 amide bonds. The number of nitro groups is 1. The number of carbonyl (C=O) groups excluding carboxylic acids is 2. The molecule has 0 saturated heterocycles. The van der Waals surface area contributed by atoms with E-state index >= 15 is 0 Å². The molecule has 2 N–H and O–H groups in total. The molecular formula is C20H19N3O8. The SMILES string of the molecule is COc1ccc(NC(=O)CN2C(=O)C(C)(C)Oc3cc(C(=O)O)ccc32)c([N+](=O)[O-])c1. The van der Waals surface area contributed by atoms with Crippen LogP contribution in [0.25, 0.3) is 0 Å². The Labute approximate surface area is 176 Å². The normalized spacial score (nSPS) is 14.3. The molecule has 1 aliphatic heterocycles. The fraction of sp³-hybridized carbons (Fsp3) is 0.250. The van der Waals surface area contributed by atoms with Crippen molar-refractivity contribution in [3.63, 3.8) is 0 Å². The molecule has 0 aliphatic carbocycles. The zero-order valence-corrected chi connectivity index (χ0v) is 16.9. The van der Waals surface area contributed by atoms with E-state index in [4.69, 9.17) is 9.47 Å². The van der Waals surface area contributed by atoms with Crippen LogP contribution in [0.15, 0.2) is 36.4 Å². The van der Waals surface area contributed by atoms with Crippen molar-refractivity contribution in [3.05, 3.63) is 52.1 Å². The third-order valence-corrected chi connectivity index (χ3v) is 4.60. The van der Waals surface area contributed by atoms with Crippen LogP contribution in [0.1, 0.15) is 24.2 Å². The van der Waals surface area contributed by atoms with Crippen molar-refractivity contribution >= 4 is 34.8 Å². The summed E-state index contributed by atoms with van der Waals surface area (Å²) in [5.41, 5.74) is -1.60. The molecule has 0 saturated carbocycles. The zero-order chi connectivity index (χ0) is 22.9. The summed E-state index contributed by atoms with van der Waals surface area (Å²) in [7, 11) is 1.36. The summed E-state index contributed by atoms with van der Waals surface area (Å²) >= 11 is 0. The van der Waals surface area contributed by atoms with Crippen molar-refractivity contribution in [1.82, 2.24) is 0 Å². The third-order valence-electron chi connectivity index (χ3n) is 4.60. The molecule has 0 spiro atoms. The summed E-state index contributed by atoms with van der Waals surface area (Å²) in [5, 5.41) is 22.9. The molecule has 0 aromatic heterocycles. The topological polar surface area (TPSA) is 148 Å². The highest BCUT2D eigenvalue weighted by Crippen LogP contribution is 2.38. The van der Waals surface area contributed by atoms with E-state index in [9.17, 15) is 29.6 Å². The third kappa shape index (κ3) is 4.25. The Morgan fingerprint density at radius 3 is 2.58 bits per heavy atom. The number of carbonyl (C=O) groups is 3. The number of nitro benzene ring substituents is 1. The number of ether oxygens (including phenoxy) is 2. The van der Waals surface area contributed by atoms with Gasteiger partial charge in [-0.2, -0.15) is 0 Å². The molecular weight excluding hydrogens is 410 g/mol. The van der Waals surface area contributed by atoms with Crippen LogP contribution in [0.5, 0.6) is 11.5 Å². The lowest BCUT2D eigenvalue weighted by Crippen LogP contribution is -2.54. The molecule has 31 heavy (non-hydrogen) atoms. The number of aromatic carboxylic acids is 1. The Bertz CT molecular complexity index is 1100. The molecule has 3 rings (SSSR count). The van der Waals surface area contributed by atoms with Gasteiger partial charge in [-0.3, -0.25) is 24.6 Å². The summed E-state index contributed by atoms with van der Waals surface area (Å²) in [4.78, 5) is 48.6. The highest BCUT2D eigenvalue weighted by Gasteiger charge is 2.42. The first-order valence-electron chi connectivity index (χ1n) is 9.04. The second-order valence-electron chi connectivity index (χ2n) is 7.18. The van der Waals surface area contributed by atoms with E-state index in [1.807, 2.05) is 0 Å². The lowest BCUT2D eigenvalue weighted by atomic mass is 10.0. The first-order chi connectivity index (χ1) is 14.5. The standard InChI is InChI=1S/C20H19N3O8/c1-20(2)19(27)22(14-7-4-11(18(25)26)8-16(14)31-20)10-17(24)21-13-6-5-12(30-3)9-15(13)23(28)29/h4-9H,10H2,1-3H3,(H,21,24)(H,25,26). The minimum Gasteiger partial charge on any atom is -0.496 e. The zero-order valence-electron chi connectivity index (χ0n) is 16.9. The smallest absolute Gasteiger partial charge is 0.335 e. The van der Waals surface area contributed by atoms with E-state index in [0.29, 0.717) is 0 Å². The number of fused-ring (bicyclic) bond motifs is 1. The van der Waals surface area contributed by atoms with Crippen LogP contribution in [0.3, 0.4) is 0 Å². The molecule has 0 radical (unpaired) electrons. The van der Waals surface area contributed by atoms with Crippen molar-refractivity contribution < 1.29 is 33.9 Å². The Morgan fingerprint density at radius 2 is 1.97 bits per heavy atom. The van der Waals surface area contributed by atoms with Crippen LogP contribution >= 0.6 is 0 Å². The van der Waals surface area contributed by atoms with E-state index < -0.39 is 34.9 Å². The Kier molecular flexibility index (Phi) is 5.52. The number of methoxy groups -OCH3 is 1. The maximum Gasteiger partial charge on any atom is 0.335 e. The molecule has 0 atom stereocenters. The molecule has 11 heteroatoms. The van der Waals surface area contributed by atoms with Gasteiger partial charge in [-0.05, 0) is 44.2 Å². The minimum absolute atomic E-state index is 0.0397. The number of amides is 2. The number of rotatable bonds is 6. The molecule has 2 aromatic carbocycles. The maximum atomic E-state index is 12.9. The number of nitrogens with zero attached hydrogens (tertiary/aromatic N) is 2. The van der Waals surface area contributed by atoms with Crippen LogP contribution in [-0.4, -0.2) is 47.1 Å². The molecule has 0 unspecified atom stereocenters. The molecule has 1 heterocycles. The van der Waals surface area contributed by atoms with Gasteiger partial charge in [0.15, 0.2) is 5.60 Å². The lowest BCUT2D eigenvalue weighted by Gasteiger charge is -2.38. The minimum atomic E-state index is -1.35. The van der Waals surface area contributed by atoms with Crippen LogP contribution in [0, 0.1) is 10.1 Å². The molecule has 11 nitrogen and oxygen atoms in total. The lowest BCUT2D eigenvalue weighted by molar-refractivity contribution is -0.384. The van der Waals surface area contributed by atoms with Crippen LogP contribution in [-0.2, 0) is 9.59 Å². The first-order valence-corrected chi connectivity index (χ1v) is 9.04. The summed E-state index contributed by atoms with van der Waals surface area (Å²) in [6.07, 6.45) is 0. The number of carboxylic acids is 1. The molecule has 2 aromatic rings. The maximum absolute atomic E-state index is 12.9. The molecule has 0 bridgehead atoms. The predicted octanol–water partition coefficient (Wildman–Crippen LogP) is 2.44. The van der Waals surface area contributed by atoms with Gasteiger partial charge >= 0.3 is 5.97 Å². The van der Waals surface area contributed by atoms with Gasteiger partial charge in [0, 0.05) is 0 Å². The average molecular weight is 429 g/mol. The van der Waals surface area contributed by atoms with E-state index in [-0.39, 0.29) is 34.1 Å². The van der Waals surface area contributed by atoms with E-state index in [1.54, 1.807) is 0 Å². The van der Waals surface area contributed by atoms with Gasteiger partial charge in [0.25, 0.3) is 11.6 Å². The van der Waals surface area contributed by atoms with E-state index in [0.717, 1.165) is 4.90 Å². The number of nitrogens with one attached hydrogen (secondary N) is 1. The highest BCUT2D eigenvalue weighted by atomic mass is 16.6. The Morgan fingerprint density at radius 1 is 1.26 bits per heavy atom. The van der Waals surface area contributed by atoms with Gasteiger partial charge in [0.1, 0.15) is 23.7 Å². The average Bonchev–Trinajstić information content (AvgIpc) is 2.70. The number of benzene rings is 2.